The molecule has 1 aromatic rings. The number of esters is 1. The summed E-state index contributed by atoms with van der Waals surface area (Å²) in [5.41, 5.74) is 2.45. The monoisotopic (exact) mass is 254 g/mol. The summed E-state index contributed by atoms with van der Waals surface area (Å²) in [5.74, 6) is -0.382. The van der Waals surface area contributed by atoms with E-state index in [4.69, 9.17) is 10.00 Å². The van der Waals surface area contributed by atoms with Gasteiger partial charge in [-0.2, -0.15) is 5.26 Å². The Balaban J connectivity index is 2.12. The minimum Gasteiger partial charge on any atom is -0.451 e. The highest BCUT2D eigenvalue weighted by Gasteiger charge is 2.44. The molecule has 0 unspecified atom stereocenters. The molecule has 3 rings (SSSR count). The van der Waals surface area contributed by atoms with Crippen LogP contribution in [0.5, 0.6) is 0 Å². The smallest absolute Gasteiger partial charge is 0.332 e. The van der Waals surface area contributed by atoms with E-state index in [9.17, 15) is 4.79 Å². The van der Waals surface area contributed by atoms with E-state index in [1.54, 1.807) is 0 Å². The molecular formula is C15H14N2O2. The zero-order valence-corrected chi connectivity index (χ0v) is 10.7. The normalized spacial score (nSPS) is 28.5. The van der Waals surface area contributed by atoms with E-state index in [0.29, 0.717) is 0 Å². The zero-order chi connectivity index (χ0) is 13.5. The van der Waals surface area contributed by atoms with Crippen LogP contribution in [0.1, 0.15) is 30.9 Å². The Morgan fingerprint density at radius 2 is 2.32 bits per heavy atom. The van der Waals surface area contributed by atoms with Crippen LogP contribution >= 0.6 is 0 Å². The fourth-order valence-corrected chi connectivity index (χ4v) is 2.77. The van der Waals surface area contributed by atoms with E-state index in [0.717, 1.165) is 24.1 Å². The molecule has 0 bridgehead atoms. The number of hydrogen-bond donors (Lipinski definition) is 0. The van der Waals surface area contributed by atoms with Crippen LogP contribution in [0.2, 0.25) is 0 Å². The van der Waals surface area contributed by atoms with Gasteiger partial charge < -0.3 is 4.74 Å². The topological polar surface area (TPSA) is 62.5 Å². The Kier molecular flexibility index (Phi) is 2.63. The van der Waals surface area contributed by atoms with Crippen molar-refractivity contribution in [1.82, 2.24) is 0 Å². The van der Waals surface area contributed by atoms with Gasteiger partial charge in [0, 0.05) is 5.56 Å². The van der Waals surface area contributed by atoms with E-state index < -0.39 is 11.6 Å². The molecule has 1 aromatic carbocycles. The third kappa shape index (κ3) is 1.82. The summed E-state index contributed by atoms with van der Waals surface area (Å²) in [7, 11) is 0. The van der Waals surface area contributed by atoms with Gasteiger partial charge in [-0.15, -0.1) is 0 Å². The number of hydrogen-bond acceptors (Lipinski definition) is 4. The third-order valence-electron chi connectivity index (χ3n) is 3.81. The van der Waals surface area contributed by atoms with E-state index in [1.165, 1.54) is 5.56 Å². The SMILES string of the molecule is C[C@@]12CCc3ccccc3C1=N[C@@H](CC#N)C(=O)O2. The van der Waals surface area contributed by atoms with Crippen molar-refractivity contribution in [3.63, 3.8) is 0 Å². The molecule has 1 aliphatic heterocycles. The molecule has 2 atom stereocenters. The molecule has 1 heterocycles. The fourth-order valence-electron chi connectivity index (χ4n) is 2.77. The standard InChI is InChI=1S/C15H14N2O2/c1-15-8-6-10-4-2-3-5-11(10)13(15)17-12(7-9-16)14(18)19-15/h2-5,12H,6-8H2,1H3/t12-,15+/m0/s1. The van der Waals surface area contributed by atoms with Crippen molar-refractivity contribution in [2.24, 2.45) is 4.99 Å². The first-order chi connectivity index (χ1) is 9.14. The number of carbonyl (C=O) groups excluding carboxylic acids is 1. The lowest BCUT2D eigenvalue weighted by Gasteiger charge is -2.39. The molecule has 19 heavy (non-hydrogen) atoms. The molecule has 2 aliphatic rings. The average molecular weight is 254 g/mol. The van der Waals surface area contributed by atoms with Crippen LogP contribution in [0.3, 0.4) is 0 Å². The molecule has 1 aliphatic carbocycles. The third-order valence-corrected chi connectivity index (χ3v) is 3.81. The average Bonchev–Trinajstić information content (AvgIpc) is 2.40. The van der Waals surface area contributed by atoms with Crippen molar-refractivity contribution in [3.8, 4) is 6.07 Å². The van der Waals surface area contributed by atoms with Gasteiger partial charge in [-0.25, -0.2) is 4.79 Å². The van der Waals surface area contributed by atoms with Gasteiger partial charge in [0.15, 0.2) is 11.6 Å². The first-order valence-corrected chi connectivity index (χ1v) is 6.40. The number of benzene rings is 1. The summed E-state index contributed by atoms with van der Waals surface area (Å²) in [6, 6.07) is 9.36. The number of nitrogens with zero attached hydrogens (tertiary/aromatic N) is 2. The molecule has 4 nitrogen and oxygen atoms in total. The number of aryl methyl sites for hydroxylation is 1. The highest BCUT2D eigenvalue weighted by atomic mass is 16.6. The molecule has 0 saturated heterocycles. The lowest BCUT2D eigenvalue weighted by atomic mass is 9.78. The summed E-state index contributed by atoms with van der Waals surface area (Å²) >= 11 is 0. The zero-order valence-electron chi connectivity index (χ0n) is 10.7. The van der Waals surface area contributed by atoms with E-state index in [-0.39, 0.29) is 12.4 Å². The first-order valence-electron chi connectivity index (χ1n) is 6.40. The number of aliphatic imine (C=N–C) groups is 1. The molecular weight excluding hydrogens is 240 g/mol. The Morgan fingerprint density at radius 1 is 1.53 bits per heavy atom. The van der Waals surface area contributed by atoms with Crippen LogP contribution < -0.4 is 0 Å². The maximum Gasteiger partial charge on any atom is 0.332 e. The molecule has 0 spiro atoms. The molecule has 0 aromatic heterocycles. The van der Waals surface area contributed by atoms with Gasteiger partial charge in [0.05, 0.1) is 18.2 Å². The Bertz CT molecular complexity index is 615. The number of carbonyl (C=O) groups is 1. The molecule has 0 saturated carbocycles. The summed E-state index contributed by atoms with van der Waals surface area (Å²) < 4.78 is 5.58. The highest BCUT2D eigenvalue weighted by Crippen LogP contribution is 2.35. The molecule has 0 radical (unpaired) electrons. The largest absolute Gasteiger partial charge is 0.451 e. The second-order valence-electron chi connectivity index (χ2n) is 5.16. The van der Waals surface area contributed by atoms with Crippen LogP contribution in [0.15, 0.2) is 29.3 Å². The Hall–Kier alpha value is -2.15. The van der Waals surface area contributed by atoms with Crippen molar-refractivity contribution in [2.75, 3.05) is 0 Å². The summed E-state index contributed by atoms with van der Waals surface area (Å²) in [5, 5.41) is 8.76. The number of rotatable bonds is 1. The van der Waals surface area contributed by atoms with Gasteiger partial charge in [-0.3, -0.25) is 4.99 Å². The number of ether oxygens (including phenoxy) is 1. The number of fused-ring (bicyclic) bond motifs is 3. The number of nitriles is 1. The van der Waals surface area contributed by atoms with Crippen molar-refractivity contribution in [1.29, 1.82) is 5.26 Å². The minimum atomic E-state index is -0.681. The summed E-state index contributed by atoms with van der Waals surface area (Å²) in [4.78, 5) is 16.4. The van der Waals surface area contributed by atoms with Crippen LogP contribution in [0.25, 0.3) is 0 Å². The fraction of sp³-hybridized carbons (Fsp3) is 0.400. The molecule has 96 valence electrons. The summed E-state index contributed by atoms with van der Waals surface area (Å²) in [6.07, 6.45) is 1.69. The van der Waals surface area contributed by atoms with Gasteiger partial charge in [0.1, 0.15) is 0 Å². The van der Waals surface area contributed by atoms with E-state index in [2.05, 4.69) is 11.1 Å². The van der Waals surface area contributed by atoms with Gasteiger partial charge >= 0.3 is 5.97 Å². The molecule has 0 fully saturated rings. The van der Waals surface area contributed by atoms with Gasteiger partial charge in [0.25, 0.3) is 0 Å². The molecule has 4 heteroatoms. The minimum absolute atomic E-state index is 0.0700. The van der Waals surface area contributed by atoms with Crippen molar-refractivity contribution >= 4 is 11.7 Å². The highest BCUT2D eigenvalue weighted by molar-refractivity contribution is 6.11. The van der Waals surface area contributed by atoms with Crippen molar-refractivity contribution < 1.29 is 9.53 Å². The van der Waals surface area contributed by atoms with Gasteiger partial charge in [-0.05, 0) is 25.3 Å². The second kappa shape index (κ2) is 4.20. The van der Waals surface area contributed by atoms with Crippen LogP contribution in [-0.2, 0) is 16.0 Å². The lowest BCUT2D eigenvalue weighted by Crippen LogP contribution is -2.50. The Labute approximate surface area is 111 Å². The predicted molar refractivity (Wildman–Crippen MR) is 69.8 cm³/mol. The van der Waals surface area contributed by atoms with Crippen molar-refractivity contribution in [3.05, 3.63) is 35.4 Å². The predicted octanol–water partition coefficient (Wildman–Crippen LogP) is 2.02. The lowest BCUT2D eigenvalue weighted by molar-refractivity contribution is -0.156. The summed E-state index contributed by atoms with van der Waals surface area (Å²) in [6.45, 7) is 1.91. The van der Waals surface area contributed by atoms with E-state index >= 15 is 0 Å². The Morgan fingerprint density at radius 3 is 3.11 bits per heavy atom. The maximum atomic E-state index is 11.9. The van der Waals surface area contributed by atoms with E-state index in [1.807, 2.05) is 31.2 Å². The van der Waals surface area contributed by atoms with Crippen molar-refractivity contribution in [2.45, 2.75) is 37.8 Å². The molecule has 0 amide bonds. The van der Waals surface area contributed by atoms with Gasteiger partial charge in [-0.1, -0.05) is 24.3 Å². The van der Waals surface area contributed by atoms with Gasteiger partial charge in [0.2, 0.25) is 0 Å². The van der Waals surface area contributed by atoms with Crippen LogP contribution in [0.4, 0.5) is 0 Å². The van der Waals surface area contributed by atoms with Crippen LogP contribution in [0, 0.1) is 11.3 Å². The van der Waals surface area contributed by atoms with Crippen LogP contribution in [-0.4, -0.2) is 23.3 Å². The molecule has 0 N–H and O–H groups in total. The maximum absolute atomic E-state index is 11.9. The second-order valence-corrected chi connectivity index (χ2v) is 5.16. The first kappa shape index (κ1) is 11.9. The quantitative estimate of drug-likeness (QED) is 0.720.